The van der Waals surface area contributed by atoms with Crippen LogP contribution >= 0.6 is 10.8 Å². The highest BCUT2D eigenvalue weighted by molar-refractivity contribution is 8.72. The Bertz CT molecular complexity index is 304. The van der Waals surface area contributed by atoms with E-state index in [1.807, 2.05) is 0 Å². The van der Waals surface area contributed by atoms with Crippen LogP contribution in [0.4, 0.5) is 0 Å². The first kappa shape index (κ1) is 13.7. The van der Waals surface area contributed by atoms with E-state index in [1.165, 1.54) is 0 Å². The van der Waals surface area contributed by atoms with Crippen LogP contribution in [0.3, 0.4) is 0 Å². The molecule has 0 aliphatic heterocycles. The van der Waals surface area contributed by atoms with E-state index in [0.29, 0.717) is 10.8 Å². The number of aliphatic carboxylic acids is 1. The first-order chi connectivity index (χ1) is 6.08. The molecule has 7 heteroatoms. The SMILES string of the molecule is CC(C)(C)S(=O)(=O)SC[C@H](N)C(=O)O. The van der Waals surface area contributed by atoms with E-state index in [9.17, 15) is 13.2 Å². The van der Waals surface area contributed by atoms with E-state index < -0.39 is 25.6 Å². The van der Waals surface area contributed by atoms with Crippen molar-refractivity contribution >= 4 is 25.6 Å². The molecule has 0 bridgehead atoms. The molecule has 0 spiro atoms. The summed E-state index contributed by atoms with van der Waals surface area (Å²) in [6, 6.07) is -1.14. The first-order valence-corrected chi connectivity index (χ1v) is 6.94. The molecule has 0 heterocycles. The molecule has 0 saturated carbocycles. The lowest BCUT2D eigenvalue weighted by Crippen LogP contribution is -2.34. The van der Waals surface area contributed by atoms with Crippen LogP contribution in [0.5, 0.6) is 0 Å². The summed E-state index contributed by atoms with van der Waals surface area (Å²) in [7, 11) is -2.76. The Kier molecular flexibility index (Phi) is 4.41. The highest BCUT2D eigenvalue weighted by atomic mass is 33.1. The molecule has 1 atom stereocenters. The fourth-order valence-electron chi connectivity index (χ4n) is 0.411. The monoisotopic (exact) mass is 241 g/mol. The van der Waals surface area contributed by atoms with Crippen molar-refractivity contribution in [1.29, 1.82) is 0 Å². The maximum Gasteiger partial charge on any atom is 0.321 e. The Morgan fingerprint density at radius 1 is 1.50 bits per heavy atom. The van der Waals surface area contributed by atoms with Crippen LogP contribution in [0.15, 0.2) is 0 Å². The van der Waals surface area contributed by atoms with Crippen LogP contribution in [0, 0.1) is 0 Å². The number of carbonyl (C=O) groups is 1. The predicted octanol–water partition coefficient (Wildman–Crippen LogP) is 0.260. The van der Waals surface area contributed by atoms with Gasteiger partial charge in [0.15, 0.2) is 0 Å². The zero-order chi connectivity index (χ0) is 11.6. The van der Waals surface area contributed by atoms with Crippen LogP contribution in [0.1, 0.15) is 20.8 Å². The van der Waals surface area contributed by atoms with E-state index in [2.05, 4.69) is 0 Å². The second-order valence-corrected chi connectivity index (χ2v) is 8.52. The highest BCUT2D eigenvalue weighted by Gasteiger charge is 2.30. The van der Waals surface area contributed by atoms with Crippen LogP contribution in [-0.2, 0) is 13.7 Å². The first-order valence-electron chi connectivity index (χ1n) is 3.95. The molecule has 0 rings (SSSR count). The Morgan fingerprint density at radius 3 is 2.21 bits per heavy atom. The molecule has 0 aromatic carbocycles. The quantitative estimate of drug-likeness (QED) is 0.685. The minimum absolute atomic E-state index is 0.130. The smallest absolute Gasteiger partial charge is 0.321 e. The molecule has 0 radical (unpaired) electrons. The van der Waals surface area contributed by atoms with Crippen molar-refractivity contribution in [1.82, 2.24) is 0 Å². The molecular weight excluding hydrogens is 226 g/mol. The number of nitrogens with two attached hydrogens (primary N) is 1. The van der Waals surface area contributed by atoms with E-state index in [1.54, 1.807) is 20.8 Å². The molecular formula is C7H15NO4S2. The summed E-state index contributed by atoms with van der Waals surface area (Å²) >= 11 is 0. The van der Waals surface area contributed by atoms with Gasteiger partial charge in [-0.3, -0.25) is 4.79 Å². The van der Waals surface area contributed by atoms with Crippen LogP contribution in [-0.4, -0.2) is 36.0 Å². The fraction of sp³-hybridized carbons (Fsp3) is 0.857. The molecule has 0 unspecified atom stereocenters. The molecule has 14 heavy (non-hydrogen) atoms. The zero-order valence-corrected chi connectivity index (χ0v) is 9.98. The number of carboxylic acids is 1. The summed E-state index contributed by atoms with van der Waals surface area (Å²) in [5, 5.41) is 8.45. The van der Waals surface area contributed by atoms with Crippen LogP contribution in [0.2, 0.25) is 0 Å². The van der Waals surface area contributed by atoms with Gasteiger partial charge in [0.25, 0.3) is 0 Å². The highest BCUT2D eigenvalue weighted by Crippen LogP contribution is 2.27. The number of rotatable bonds is 4. The summed E-state index contributed by atoms with van der Waals surface area (Å²) in [5.74, 6) is -1.32. The Balaban J connectivity index is 4.36. The van der Waals surface area contributed by atoms with Gasteiger partial charge in [-0.1, -0.05) is 0 Å². The minimum atomic E-state index is -3.35. The van der Waals surface area contributed by atoms with E-state index in [0.717, 1.165) is 0 Å². The topological polar surface area (TPSA) is 97.5 Å². The summed E-state index contributed by atoms with van der Waals surface area (Å²) in [6.45, 7) is 4.67. The summed E-state index contributed by atoms with van der Waals surface area (Å²) in [4.78, 5) is 10.3. The van der Waals surface area contributed by atoms with E-state index in [4.69, 9.17) is 10.8 Å². The Morgan fingerprint density at radius 2 is 1.93 bits per heavy atom. The standard InChI is InChI=1S/C7H15NO4S2/c1-7(2,3)14(11,12)13-4-5(8)6(9)10/h5H,4,8H2,1-3H3,(H,9,10)/t5-/m0/s1. The Labute approximate surface area is 87.4 Å². The third-order valence-electron chi connectivity index (χ3n) is 1.47. The van der Waals surface area contributed by atoms with Gasteiger partial charge in [0, 0.05) is 5.75 Å². The largest absolute Gasteiger partial charge is 0.480 e. The molecule has 0 aromatic rings. The van der Waals surface area contributed by atoms with Gasteiger partial charge in [0.2, 0.25) is 8.87 Å². The third kappa shape index (κ3) is 3.85. The van der Waals surface area contributed by atoms with Gasteiger partial charge >= 0.3 is 5.97 Å². The number of carboxylic acid groups (broad SMARTS) is 1. The molecule has 84 valence electrons. The van der Waals surface area contributed by atoms with E-state index in [-0.39, 0.29) is 5.75 Å². The number of hydrogen-bond donors (Lipinski definition) is 2. The molecule has 0 aromatic heterocycles. The maximum atomic E-state index is 11.5. The van der Waals surface area contributed by atoms with Crippen molar-refractivity contribution < 1.29 is 18.3 Å². The second-order valence-electron chi connectivity index (χ2n) is 3.80. The third-order valence-corrected chi connectivity index (χ3v) is 6.61. The molecule has 0 saturated heterocycles. The van der Waals surface area contributed by atoms with Gasteiger partial charge in [-0.05, 0) is 31.6 Å². The van der Waals surface area contributed by atoms with Crippen LogP contribution < -0.4 is 5.73 Å². The average molecular weight is 241 g/mol. The normalized spacial score (nSPS) is 15.1. The van der Waals surface area contributed by atoms with Gasteiger partial charge in [-0.2, -0.15) is 0 Å². The lowest BCUT2D eigenvalue weighted by atomic mass is 10.3. The van der Waals surface area contributed by atoms with Crippen molar-refractivity contribution in [2.75, 3.05) is 5.75 Å². The minimum Gasteiger partial charge on any atom is -0.480 e. The van der Waals surface area contributed by atoms with Crippen molar-refractivity contribution in [2.45, 2.75) is 31.6 Å². The van der Waals surface area contributed by atoms with Gasteiger partial charge in [0.05, 0.1) is 4.75 Å². The van der Waals surface area contributed by atoms with Crippen molar-refractivity contribution in [3.05, 3.63) is 0 Å². The van der Waals surface area contributed by atoms with Crippen molar-refractivity contribution in [3.63, 3.8) is 0 Å². The maximum absolute atomic E-state index is 11.5. The fourth-order valence-corrected chi connectivity index (χ4v) is 3.27. The molecule has 0 amide bonds. The predicted molar refractivity (Wildman–Crippen MR) is 56.7 cm³/mol. The molecule has 5 nitrogen and oxygen atoms in total. The lowest BCUT2D eigenvalue weighted by Gasteiger charge is -2.18. The molecule has 0 fully saturated rings. The summed E-state index contributed by atoms with van der Waals surface area (Å²) in [5.41, 5.74) is 5.18. The zero-order valence-electron chi connectivity index (χ0n) is 8.35. The van der Waals surface area contributed by atoms with Crippen LogP contribution in [0.25, 0.3) is 0 Å². The second kappa shape index (κ2) is 4.50. The molecule has 0 aliphatic rings. The molecule has 0 aliphatic carbocycles. The van der Waals surface area contributed by atoms with E-state index >= 15 is 0 Å². The summed E-state index contributed by atoms with van der Waals surface area (Å²) in [6.07, 6.45) is 0. The van der Waals surface area contributed by atoms with Crippen molar-refractivity contribution in [2.24, 2.45) is 5.73 Å². The van der Waals surface area contributed by atoms with Gasteiger partial charge < -0.3 is 10.8 Å². The van der Waals surface area contributed by atoms with Gasteiger partial charge in [0.1, 0.15) is 6.04 Å². The number of hydrogen-bond acceptors (Lipinski definition) is 5. The Hall–Kier alpha value is -0.270. The lowest BCUT2D eigenvalue weighted by molar-refractivity contribution is -0.137. The molecule has 3 N–H and O–H groups in total. The summed E-state index contributed by atoms with van der Waals surface area (Å²) < 4.78 is 22.1. The van der Waals surface area contributed by atoms with Gasteiger partial charge in [-0.15, -0.1) is 0 Å². The van der Waals surface area contributed by atoms with Gasteiger partial charge in [-0.25, -0.2) is 8.42 Å². The average Bonchev–Trinajstić information content (AvgIpc) is 1.97. The van der Waals surface area contributed by atoms with Crippen molar-refractivity contribution in [3.8, 4) is 0 Å².